The van der Waals surface area contributed by atoms with Crippen molar-refractivity contribution in [3.8, 4) is 0 Å². The van der Waals surface area contributed by atoms with Crippen LogP contribution in [0.5, 0.6) is 0 Å². The number of hydrogen-bond donors (Lipinski definition) is 2. The zero-order chi connectivity index (χ0) is 12.3. The summed E-state index contributed by atoms with van der Waals surface area (Å²) in [6, 6.07) is 5.88. The van der Waals surface area contributed by atoms with Crippen LogP contribution >= 0.6 is 23.4 Å². The van der Waals surface area contributed by atoms with E-state index in [1.54, 1.807) is 17.8 Å². The minimum atomic E-state index is 0.131. The Morgan fingerprint density at radius 2 is 2.29 bits per heavy atom. The maximum absolute atomic E-state index is 11.4. The molecule has 1 saturated carbocycles. The first-order valence-corrected chi connectivity index (χ1v) is 6.98. The van der Waals surface area contributed by atoms with E-state index in [1.165, 1.54) is 0 Å². The first-order valence-electron chi connectivity index (χ1n) is 5.62. The summed E-state index contributed by atoms with van der Waals surface area (Å²) in [6.45, 7) is 0. The highest BCUT2D eigenvalue weighted by molar-refractivity contribution is 7.99. The maximum atomic E-state index is 11.4. The molecule has 0 saturated heterocycles. The van der Waals surface area contributed by atoms with Crippen molar-refractivity contribution in [1.82, 2.24) is 5.32 Å². The minimum absolute atomic E-state index is 0.131. The Hall–Kier alpha value is -0.870. The van der Waals surface area contributed by atoms with Gasteiger partial charge in [-0.2, -0.15) is 0 Å². The standard InChI is InChI=1S/C12H15ClN2OS/c13-10-7-8(14)1-4-11(10)17-6-5-12(16)15-9-2-3-9/h1,4,7,9H,2-3,5-6,14H2,(H,15,16). The topological polar surface area (TPSA) is 55.1 Å². The van der Waals surface area contributed by atoms with E-state index in [-0.39, 0.29) is 5.91 Å². The monoisotopic (exact) mass is 270 g/mol. The van der Waals surface area contributed by atoms with E-state index in [1.807, 2.05) is 12.1 Å². The first kappa shape index (κ1) is 12.6. The molecule has 3 nitrogen and oxygen atoms in total. The normalized spacial score (nSPS) is 14.6. The lowest BCUT2D eigenvalue weighted by molar-refractivity contribution is -0.120. The number of nitrogen functional groups attached to an aromatic ring is 1. The fourth-order valence-electron chi connectivity index (χ4n) is 1.42. The molecule has 0 atom stereocenters. The van der Waals surface area contributed by atoms with Crippen LogP contribution in [0.25, 0.3) is 0 Å². The first-order chi connectivity index (χ1) is 8.15. The van der Waals surface area contributed by atoms with Gasteiger partial charge in [-0.15, -0.1) is 11.8 Å². The molecular formula is C12H15ClN2OS. The molecular weight excluding hydrogens is 256 g/mol. The number of nitrogens with two attached hydrogens (primary N) is 1. The van der Waals surface area contributed by atoms with Gasteiger partial charge in [0.05, 0.1) is 5.02 Å². The van der Waals surface area contributed by atoms with Crippen LogP contribution in [0.1, 0.15) is 19.3 Å². The van der Waals surface area contributed by atoms with Crippen LogP contribution in [-0.4, -0.2) is 17.7 Å². The van der Waals surface area contributed by atoms with Gasteiger partial charge in [-0.05, 0) is 31.0 Å². The predicted molar refractivity (Wildman–Crippen MR) is 72.4 cm³/mol. The molecule has 2 rings (SSSR count). The van der Waals surface area contributed by atoms with Gasteiger partial charge in [0.2, 0.25) is 5.91 Å². The maximum Gasteiger partial charge on any atom is 0.221 e. The van der Waals surface area contributed by atoms with Crippen LogP contribution in [0.3, 0.4) is 0 Å². The highest BCUT2D eigenvalue weighted by Gasteiger charge is 2.22. The van der Waals surface area contributed by atoms with Gasteiger partial charge in [-0.25, -0.2) is 0 Å². The second kappa shape index (κ2) is 5.65. The van der Waals surface area contributed by atoms with E-state index in [9.17, 15) is 4.79 Å². The number of benzene rings is 1. The number of hydrogen-bond acceptors (Lipinski definition) is 3. The largest absolute Gasteiger partial charge is 0.399 e. The molecule has 0 bridgehead atoms. The molecule has 0 aliphatic heterocycles. The van der Waals surface area contributed by atoms with Crippen molar-refractivity contribution in [3.05, 3.63) is 23.2 Å². The Morgan fingerprint density at radius 3 is 2.94 bits per heavy atom. The zero-order valence-corrected chi connectivity index (χ0v) is 11.0. The lowest BCUT2D eigenvalue weighted by Gasteiger charge is -2.05. The minimum Gasteiger partial charge on any atom is -0.399 e. The lowest BCUT2D eigenvalue weighted by atomic mass is 10.3. The second-order valence-electron chi connectivity index (χ2n) is 4.13. The van der Waals surface area contributed by atoms with E-state index < -0.39 is 0 Å². The summed E-state index contributed by atoms with van der Waals surface area (Å²) in [5.41, 5.74) is 6.27. The van der Waals surface area contributed by atoms with Crippen molar-refractivity contribution in [2.24, 2.45) is 0 Å². The Kier molecular flexibility index (Phi) is 4.18. The number of nitrogens with one attached hydrogen (secondary N) is 1. The molecule has 0 unspecified atom stereocenters. The number of carbonyl (C=O) groups excluding carboxylic acids is 1. The number of anilines is 1. The van der Waals surface area contributed by atoms with Crippen LogP contribution < -0.4 is 11.1 Å². The Labute approximate surface area is 110 Å². The van der Waals surface area contributed by atoms with Crippen molar-refractivity contribution in [3.63, 3.8) is 0 Å². The lowest BCUT2D eigenvalue weighted by Crippen LogP contribution is -2.25. The fourth-order valence-corrected chi connectivity index (χ4v) is 2.64. The number of carbonyl (C=O) groups is 1. The second-order valence-corrected chi connectivity index (χ2v) is 5.67. The molecule has 92 valence electrons. The van der Waals surface area contributed by atoms with Gasteiger partial charge < -0.3 is 11.1 Å². The number of amides is 1. The van der Waals surface area contributed by atoms with E-state index in [0.717, 1.165) is 23.5 Å². The summed E-state index contributed by atoms with van der Waals surface area (Å²) >= 11 is 7.62. The van der Waals surface area contributed by atoms with Gasteiger partial charge in [0, 0.05) is 28.8 Å². The average molecular weight is 271 g/mol. The Bertz CT molecular complexity index is 421. The van der Waals surface area contributed by atoms with Crippen LogP contribution in [0, 0.1) is 0 Å². The van der Waals surface area contributed by atoms with Crippen LogP contribution in [-0.2, 0) is 4.79 Å². The van der Waals surface area contributed by atoms with E-state index >= 15 is 0 Å². The van der Waals surface area contributed by atoms with Crippen molar-refractivity contribution >= 4 is 35.0 Å². The van der Waals surface area contributed by atoms with Crippen molar-refractivity contribution in [1.29, 1.82) is 0 Å². The molecule has 0 radical (unpaired) electrons. The Balaban J connectivity index is 1.75. The molecule has 1 aliphatic rings. The summed E-state index contributed by atoms with van der Waals surface area (Å²) in [7, 11) is 0. The van der Waals surface area contributed by atoms with Crippen molar-refractivity contribution in [2.75, 3.05) is 11.5 Å². The van der Waals surface area contributed by atoms with Gasteiger partial charge in [-0.1, -0.05) is 11.6 Å². The molecule has 0 spiro atoms. The molecule has 1 aromatic rings. The predicted octanol–water partition coefficient (Wildman–Crippen LogP) is 2.68. The number of halogens is 1. The molecule has 5 heteroatoms. The molecule has 0 aromatic heterocycles. The molecule has 0 heterocycles. The highest BCUT2D eigenvalue weighted by atomic mass is 35.5. The average Bonchev–Trinajstić information content (AvgIpc) is 3.05. The summed E-state index contributed by atoms with van der Waals surface area (Å²) in [6.07, 6.45) is 2.78. The Morgan fingerprint density at radius 1 is 1.53 bits per heavy atom. The van der Waals surface area contributed by atoms with Crippen molar-refractivity contribution in [2.45, 2.75) is 30.2 Å². The number of rotatable bonds is 5. The molecule has 3 N–H and O–H groups in total. The summed E-state index contributed by atoms with van der Waals surface area (Å²) in [5, 5.41) is 3.61. The van der Waals surface area contributed by atoms with Gasteiger partial charge >= 0.3 is 0 Å². The third-order valence-electron chi connectivity index (χ3n) is 2.49. The highest BCUT2D eigenvalue weighted by Crippen LogP contribution is 2.29. The summed E-state index contributed by atoms with van der Waals surface area (Å²) in [4.78, 5) is 12.4. The summed E-state index contributed by atoms with van der Waals surface area (Å²) in [5.74, 6) is 0.869. The van der Waals surface area contributed by atoms with Gasteiger partial charge in [0.25, 0.3) is 0 Å². The quantitative estimate of drug-likeness (QED) is 0.639. The van der Waals surface area contributed by atoms with Gasteiger partial charge in [0.15, 0.2) is 0 Å². The third kappa shape index (κ3) is 4.13. The van der Waals surface area contributed by atoms with Crippen molar-refractivity contribution < 1.29 is 4.79 Å². The fraction of sp³-hybridized carbons (Fsp3) is 0.417. The van der Waals surface area contributed by atoms with Crippen LogP contribution in [0.4, 0.5) is 5.69 Å². The smallest absolute Gasteiger partial charge is 0.221 e. The molecule has 1 fully saturated rings. The summed E-state index contributed by atoms with van der Waals surface area (Å²) < 4.78 is 0. The van der Waals surface area contributed by atoms with Gasteiger partial charge in [-0.3, -0.25) is 4.79 Å². The molecule has 1 amide bonds. The van der Waals surface area contributed by atoms with E-state index in [4.69, 9.17) is 17.3 Å². The van der Waals surface area contributed by atoms with Gasteiger partial charge in [0.1, 0.15) is 0 Å². The van der Waals surface area contributed by atoms with Crippen LogP contribution in [0.15, 0.2) is 23.1 Å². The molecule has 1 aliphatic carbocycles. The van der Waals surface area contributed by atoms with E-state index in [2.05, 4.69) is 5.32 Å². The number of thioether (sulfide) groups is 1. The zero-order valence-electron chi connectivity index (χ0n) is 9.41. The molecule has 1 aromatic carbocycles. The molecule has 17 heavy (non-hydrogen) atoms. The third-order valence-corrected chi connectivity index (χ3v) is 3.99. The SMILES string of the molecule is Nc1ccc(SCCC(=O)NC2CC2)c(Cl)c1. The van der Waals surface area contributed by atoms with E-state index in [0.29, 0.717) is 23.2 Å². The van der Waals surface area contributed by atoms with Crippen LogP contribution in [0.2, 0.25) is 5.02 Å².